The summed E-state index contributed by atoms with van der Waals surface area (Å²) >= 11 is 0. The molecule has 0 unspecified atom stereocenters. The number of hydrogen-bond acceptors (Lipinski definition) is 5. The summed E-state index contributed by atoms with van der Waals surface area (Å²) < 4.78 is 11.2. The van der Waals surface area contributed by atoms with E-state index in [2.05, 4.69) is 5.32 Å². The Kier molecular flexibility index (Phi) is 9.40. The Morgan fingerprint density at radius 2 is 1.90 bits per heavy atom. The zero-order chi connectivity index (χ0) is 21.8. The lowest BCUT2D eigenvalue weighted by atomic mass is 9.93. The van der Waals surface area contributed by atoms with Crippen molar-refractivity contribution < 1.29 is 29.3 Å². The molecule has 0 fully saturated rings. The van der Waals surface area contributed by atoms with Crippen LogP contribution in [-0.4, -0.2) is 35.5 Å². The maximum Gasteiger partial charge on any atom is 0.412 e. The number of carbonyl (C=O) groups excluding carboxylic acids is 1. The number of carboxylic acid groups (broad SMARTS) is 1. The van der Waals surface area contributed by atoms with E-state index in [1.807, 2.05) is 31.2 Å². The molecule has 1 amide bonds. The van der Waals surface area contributed by atoms with Gasteiger partial charge in [-0.3, -0.25) is 5.32 Å². The highest BCUT2D eigenvalue weighted by Crippen LogP contribution is 2.32. The number of rotatable bonds is 11. The number of benzene rings is 2. The minimum absolute atomic E-state index is 0.0851. The first-order chi connectivity index (χ1) is 14.5. The largest absolute Gasteiger partial charge is 0.491 e. The topological polar surface area (TPSA) is 105 Å². The Hall–Kier alpha value is -3.32. The van der Waals surface area contributed by atoms with Gasteiger partial charge >= 0.3 is 12.1 Å². The van der Waals surface area contributed by atoms with Crippen molar-refractivity contribution in [2.75, 3.05) is 18.5 Å². The van der Waals surface area contributed by atoms with E-state index in [1.165, 1.54) is 0 Å². The molecular weight excluding hydrogens is 386 g/mol. The quantitative estimate of drug-likeness (QED) is 0.472. The number of para-hydroxylation sites is 1. The van der Waals surface area contributed by atoms with E-state index in [0.717, 1.165) is 11.6 Å². The summed E-state index contributed by atoms with van der Waals surface area (Å²) in [5, 5.41) is 20.4. The number of carbonyl (C=O) groups is 2. The third-order valence-electron chi connectivity index (χ3n) is 4.37. The van der Waals surface area contributed by atoms with Gasteiger partial charge in [0.15, 0.2) is 0 Å². The molecule has 7 heteroatoms. The van der Waals surface area contributed by atoms with Crippen molar-refractivity contribution in [2.24, 2.45) is 5.92 Å². The molecule has 0 saturated carbocycles. The van der Waals surface area contributed by atoms with Crippen LogP contribution in [-0.2, 0) is 9.53 Å². The summed E-state index contributed by atoms with van der Waals surface area (Å²) in [4.78, 5) is 23.1. The number of amides is 1. The molecule has 0 aliphatic heterocycles. The van der Waals surface area contributed by atoms with E-state index < -0.39 is 18.2 Å². The van der Waals surface area contributed by atoms with Crippen LogP contribution >= 0.6 is 0 Å². The highest BCUT2D eigenvalue weighted by Gasteiger charge is 2.24. The molecule has 30 heavy (non-hydrogen) atoms. The van der Waals surface area contributed by atoms with Gasteiger partial charge in [-0.1, -0.05) is 43.3 Å². The van der Waals surface area contributed by atoms with Gasteiger partial charge < -0.3 is 19.7 Å². The van der Waals surface area contributed by atoms with Gasteiger partial charge in [-0.2, -0.15) is 0 Å². The van der Waals surface area contributed by atoms with Gasteiger partial charge in [-0.15, -0.1) is 0 Å². The number of allylic oxidation sites excluding steroid dienone is 1. The van der Waals surface area contributed by atoms with Gasteiger partial charge in [-0.25, -0.2) is 9.59 Å². The molecule has 3 N–H and O–H groups in total. The standard InChI is InChI=1S/C23H27NO6/c1-17(8-5-6-13-21(26)27)22(18-9-7-12-20(16-18)29-15-14-25)30-23(28)24-19-10-3-2-4-11-19/h2-4,6-7,9-13,16-17,22,25H,5,8,14-15H2,1H3,(H,24,28)(H,26,27)/b13-6+/t17-,22+/m0/s1. The van der Waals surface area contributed by atoms with Crippen LogP contribution in [0.15, 0.2) is 66.7 Å². The van der Waals surface area contributed by atoms with Crippen molar-refractivity contribution in [1.82, 2.24) is 0 Å². The van der Waals surface area contributed by atoms with Crippen molar-refractivity contribution in [2.45, 2.75) is 25.9 Å². The van der Waals surface area contributed by atoms with Crippen molar-refractivity contribution >= 4 is 17.7 Å². The first-order valence-electron chi connectivity index (χ1n) is 9.75. The molecule has 2 atom stereocenters. The Morgan fingerprint density at radius 1 is 1.13 bits per heavy atom. The van der Waals surface area contributed by atoms with Crippen LogP contribution < -0.4 is 10.1 Å². The predicted octanol–water partition coefficient (Wildman–Crippen LogP) is 4.40. The smallest absolute Gasteiger partial charge is 0.412 e. The summed E-state index contributed by atoms with van der Waals surface area (Å²) in [6, 6.07) is 16.2. The van der Waals surface area contributed by atoms with Crippen LogP contribution in [0, 0.1) is 5.92 Å². The predicted molar refractivity (Wildman–Crippen MR) is 113 cm³/mol. The van der Waals surface area contributed by atoms with Crippen LogP contribution in [0.5, 0.6) is 5.75 Å². The first-order valence-corrected chi connectivity index (χ1v) is 9.75. The molecule has 160 valence electrons. The molecule has 0 heterocycles. The summed E-state index contributed by atoms with van der Waals surface area (Å²) in [5.74, 6) is -0.513. The Morgan fingerprint density at radius 3 is 2.60 bits per heavy atom. The van der Waals surface area contributed by atoms with Crippen LogP contribution in [0.25, 0.3) is 0 Å². The number of aliphatic carboxylic acids is 1. The Labute approximate surface area is 176 Å². The SMILES string of the molecule is C[C@@H](CC/C=C/C(=O)O)[C@@H](OC(=O)Nc1ccccc1)c1cccc(OCCO)c1. The molecular formula is C23H27NO6. The minimum Gasteiger partial charge on any atom is -0.491 e. The van der Waals surface area contributed by atoms with E-state index in [4.69, 9.17) is 19.7 Å². The Bertz CT molecular complexity index is 837. The molecule has 2 aromatic rings. The maximum absolute atomic E-state index is 12.5. The van der Waals surface area contributed by atoms with Gasteiger partial charge in [-0.05, 0) is 48.6 Å². The summed E-state index contributed by atoms with van der Waals surface area (Å²) in [5.41, 5.74) is 1.38. The average molecular weight is 413 g/mol. The van der Waals surface area contributed by atoms with Crippen LogP contribution in [0.4, 0.5) is 10.5 Å². The monoisotopic (exact) mass is 413 g/mol. The van der Waals surface area contributed by atoms with E-state index >= 15 is 0 Å². The van der Waals surface area contributed by atoms with Gasteiger partial charge in [0.05, 0.1) is 6.61 Å². The number of nitrogens with one attached hydrogen (secondary N) is 1. The van der Waals surface area contributed by atoms with Crippen LogP contribution in [0.1, 0.15) is 31.4 Å². The minimum atomic E-state index is -0.994. The second-order valence-corrected chi connectivity index (χ2v) is 6.76. The average Bonchev–Trinajstić information content (AvgIpc) is 2.74. The van der Waals surface area contributed by atoms with E-state index in [0.29, 0.717) is 24.3 Å². The lowest BCUT2D eigenvalue weighted by Gasteiger charge is -2.25. The fourth-order valence-corrected chi connectivity index (χ4v) is 2.94. The summed E-state index contributed by atoms with van der Waals surface area (Å²) in [6.45, 7) is 2.01. The number of hydrogen-bond donors (Lipinski definition) is 3. The maximum atomic E-state index is 12.5. The first kappa shape index (κ1) is 23.0. The third kappa shape index (κ3) is 7.97. The lowest BCUT2D eigenvalue weighted by molar-refractivity contribution is -0.131. The number of aliphatic hydroxyl groups excluding tert-OH is 1. The van der Waals surface area contributed by atoms with E-state index in [1.54, 1.807) is 36.4 Å². The molecule has 0 aromatic heterocycles. The molecule has 0 spiro atoms. The summed E-state index contributed by atoms with van der Waals surface area (Å²) in [7, 11) is 0. The molecule has 0 saturated heterocycles. The molecule has 0 radical (unpaired) electrons. The van der Waals surface area contributed by atoms with E-state index in [9.17, 15) is 9.59 Å². The fraction of sp³-hybridized carbons (Fsp3) is 0.304. The van der Waals surface area contributed by atoms with Crippen LogP contribution in [0.3, 0.4) is 0 Å². The number of aliphatic hydroxyl groups is 1. The van der Waals surface area contributed by atoms with Crippen molar-refractivity contribution in [1.29, 1.82) is 0 Å². The van der Waals surface area contributed by atoms with Crippen molar-refractivity contribution in [3.05, 3.63) is 72.3 Å². The third-order valence-corrected chi connectivity index (χ3v) is 4.37. The Balaban J connectivity index is 2.14. The molecule has 2 aromatic carbocycles. The van der Waals surface area contributed by atoms with Gasteiger partial charge in [0, 0.05) is 11.8 Å². The van der Waals surface area contributed by atoms with Gasteiger partial charge in [0.1, 0.15) is 18.5 Å². The molecule has 0 aliphatic rings. The molecule has 0 aliphatic carbocycles. The number of anilines is 1. The zero-order valence-corrected chi connectivity index (χ0v) is 16.9. The van der Waals surface area contributed by atoms with Gasteiger partial charge in [0.2, 0.25) is 0 Å². The second kappa shape index (κ2) is 12.3. The zero-order valence-electron chi connectivity index (χ0n) is 16.9. The summed E-state index contributed by atoms with van der Waals surface area (Å²) in [6.07, 6.45) is 2.70. The van der Waals surface area contributed by atoms with Gasteiger partial charge in [0.25, 0.3) is 0 Å². The fourth-order valence-electron chi connectivity index (χ4n) is 2.94. The second-order valence-electron chi connectivity index (χ2n) is 6.76. The molecule has 2 rings (SSSR count). The highest BCUT2D eigenvalue weighted by atomic mass is 16.6. The molecule has 7 nitrogen and oxygen atoms in total. The van der Waals surface area contributed by atoms with E-state index in [-0.39, 0.29) is 19.1 Å². The highest BCUT2D eigenvalue weighted by molar-refractivity contribution is 5.84. The number of carboxylic acids is 1. The lowest BCUT2D eigenvalue weighted by Crippen LogP contribution is -2.22. The van der Waals surface area contributed by atoms with Crippen molar-refractivity contribution in [3.63, 3.8) is 0 Å². The van der Waals surface area contributed by atoms with Crippen molar-refractivity contribution in [3.8, 4) is 5.75 Å². The molecule has 0 bridgehead atoms. The number of ether oxygens (including phenoxy) is 2. The van der Waals surface area contributed by atoms with Crippen LogP contribution in [0.2, 0.25) is 0 Å². The normalized spacial score (nSPS) is 12.9.